The van der Waals surface area contributed by atoms with E-state index in [4.69, 9.17) is 9.15 Å². The first-order chi connectivity index (χ1) is 18.4. The summed E-state index contributed by atoms with van der Waals surface area (Å²) in [6, 6.07) is 27.5. The normalized spacial score (nSPS) is 11.5. The predicted octanol–water partition coefficient (Wildman–Crippen LogP) is 5.35. The molecule has 8 nitrogen and oxygen atoms in total. The van der Waals surface area contributed by atoms with Crippen LogP contribution in [-0.4, -0.2) is 36.9 Å². The summed E-state index contributed by atoms with van der Waals surface area (Å²) in [5.41, 5.74) is 3.69. The second kappa shape index (κ2) is 11.5. The Morgan fingerprint density at radius 3 is 2.53 bits per heavy atom. The molecule has 2 heterocycles. The van der Waals surface area contributed by atoms with Gasteiger partial charge in [-0.1, -0.05) is 36.4 Å². The van der Waals surface area contributed by atoms with Crippen molar-refractivity contribution in [3.05, 3.63) is 103 Å². The molecule has 2 N–H and O–H groups in total. The number of anilines is 2. The van der Waals surface area contributed by atoms with E-state index >= 15 is 0 Å². The summed E-state index contributed by atoms with van der Waals surface area (Å²) in [7, 11) is -2.99. The zero-order chi connectivity index (χ0) is 26.4. The number of nitrogens with one attached hydrogen (secondary N) is 2. The van der Waals surface area contributed by atoms with Crippen LogP contribution < -0.4 is 15.4 Å². The average Bonchev–Trinajstić information content (AvgIpc) is 3.40. The van der Waals surface area contributed by atoms with Crippen molar-refractivity contribution in [2.45, 2.75) is 13.2 Å². The lowest BCUT2D eigenvalue weighted by Gasteiger charge is -2.10. The van der Waals surface area contributed by atoms with Crippen LogP contribution in [0, 0.1) is 0 Å². The molecule has 2 aromatic heterocycles. The van der Waals surface area contributed by atoms with Crippen molar-refractivity contribution in [2.24, 2.45) is 0 Å². The number of hydrogen-bond acceptors (Lipinski definition) is 8. The molecule has 0 bridgehead atoms. The first kappa shape index (κ1) is 25.4. The van der Waals surface area contributed by atoms with Gasteiger partial charge in [-0.3, -0.25) is 0 Å². The number of furan rings is 1. The highest BCUT2D eigenvalue weighted by Gasteiger charge is 2.10. The van der Waals surface area contributed by atoms with E-state index in [1.807, 2.05) is 84.9 Å². The Balaban J connectivity index is 1.23. The highest BCUT2D eigenvalue weighted by Crippen LogP contribution is 2.29. The van der Waals surface area contributed by atoms with E-state index in [0.717, 1.165) is 39.2 Å². The molecule has 0 radical (unpaired) electrons. The SMILES string of the molecule is CS(=O)(=O)CCNCc1ccc(-c2ccc3c(Nc4ccc(OCc5ccccc5)cc4)ncnc3c2)o1. The Bertz CT molecular complexity index is 1620. The Morgan fingerprint density at radius 2 is 1.74 bits per heavy atom. The molecule has 0 atom stereocenters. The van der Waals surface area contributed by atoms with Crippen LogP contribution >= 0.6 is 0 Å². The van der Waals surface area contributed by atoms with Crippen LogP contribution in [0.3, 0.4) is 0 Å². The molecule has 0 unspecified atom stereocenters. The molecule has 3 aromatic carbocycles. The molecule has 194 valence electrons. The topological polar surface area (TPSA) is 106 Å². The minimum Gasteiger partial charge on any atom is -0.489 e. The summed E-state index contributed by atoms with van der Waals surface area (Å²) >= 11 is 0. The van der Waals surface area contributed by atoms with Crippen LogP contribution in [0.1, 0.15) is 11.3 Å². The minimum absolute atomic E-state index is 0.0908. The summed E-state index contributed by atoms with van der Waals surface area (Å²) < 4.78 is 34.4. The van der Waals surface area contributed by atoms with E-state index in [2.05, 4.69) is 20.6 Å². The maximum atomic E-state index is 11.3. The van der Waals surface area contributed by atoms with Crippen LogP contribution in [0.2, 0.25) is 0 Å². The van der Waals surface area contributed by atoms with E-state index in [9.17, 15) is 8.42 Å². The van der Waals surface area contributed by atoms with Gasteiger partial charge in [-0.2, -0.15) is 0 Å². The largest absolute Gasteiger partial charge is 0.489 e. The Kier molecular flexibility index (Phi) is 7.67. The van der Waals surface area contributed by atoms with Crippen LogP contribution in [-0.2, 0) is 23.0 Å². The molecule has 5 rings (SSSR count). The van der Waals surface area contributed by atoms with Gasteiger partial charge < -0.3 is 19.8 Å². The second-order valence-electron chi connectivity index (χ2n) is 8.95. The molecule has 0 saturated carbocycles. The maximum Gasteiger partial charge on any atom is 0.148 e. The molecule has 0 amide bonds. The number of nitrogens with zero attached hydrogens (tertiary/aromatic N) is 2. The summed E-state index contributed by atoms with van der Waals surface area (Å²) in [6.45, 7) is 1.35. The number of aromatic nitrogens is 2. The molecule has 5 aromatic rings. The van der Waals surface area contributed by atoms with Gasteiger partial charge in [-0.05, 0) is 54.1 Å². The molecule has 0 saturated heterocycles. The smallest absolute Gasteiger partial charge is 0.148 e. The Labute approximate surface area is 221 Å². The van der Waals surface area contributed by atoms with Gasteiger partial charge in [0.15, 0.2) is 0 Å². The fraction of sp³-hybridized carbons (Fsp3) is 0.172. The highest BCUT2D eigenvalue weighted by atomic mass is 32.2. The highest BCUT2D eigenvalue weighted by molar-refractivity contribution is 7.90. The van der Waals surface area contributed by atoms with Gasteiger partial charge in [0, 0.05) is 29.4 Å². The molecular formula is C29H28N4O4S. The van der Waals surface area contributed by atoms with Gasteiger partial charge in [-0.15, -0.1) is 0 Å². The molecule has 0 fully saturated rings. The zero-order valence-electron chi connectivity index (χ0n) is 20.9. The van der Waals surface area contributed by atoms with Crippen molar-refractivity contribution in [1.82, 2.24) is 15.3 Å². The van der Waals surface area contributed by atoms with Crippen molar-refractivity contribution in [2.75, 3.05) is 23.9 Å². The van der Waals surface area contributed by atoms with E-state index < -0.39 is 9.84 Å². The van der Waals surface area contributed by atoms with Gasteiger partial charge >= 0.3 is 0 Å². The number of fused-ring (bicyclic) bond motifs is 1. The van der Waals surface area contributed by atoms with E-state index in [1.54, 1.807) is 0 Å². The third-order valence-electron chi connectivity index (χ3n) is 5.90. The standard InChI is InChI=1S/C29H28N4O4S/c1-38(34,35)16-15-30-18-25-12-14-28(37-25)22-7-13-26-27(17-22)31-20-32-29(26)33-23-8-10-24(11-9-23)36-19-21-5-3-2-4-6-21/h2-14,17,20,30H,15-16,18-19H2,1H3,(H,31,32,33). The zero-order valence-corrected chi connectivity index (χ0v) is 21.7. The fourth-order valence-electron chi connectivity index (χ4n) is 3.92. The Morgan fingerprint density at radius 1 is 0.921 bits per heavy atom. The number of ether oxygens (including phenoxy) is 1. The van der Waals surface area contributed by atoms with Gasteiger partial charge in [0.25, 0.3) is 0 Å². The lowest BCUT2D eigenvalue weighted by Crippen LogP contribution is -2.21. The number of sulfone groups is 1. The average molecular weight is 529 g/mol. The van der Waals surface area contributed by atoms with Gasteiger partial charge in [0.1, 0.15) is 45.9 Å². The molecule has 38 heavy (non-hydrogen) atoms. The Hall–Kier alpha value is -4.21. The quantitative estimate of drug-likeness (QED) is 0.221. The van der Waals surface area contributed by atoms with Crippen molar-refractivity contribution >= 4 is 32.2 Å². The summed E-state index contributed by atoms with van der Waals surface area (Å²) in [5, 5.41) is 7.34. The molecule has 0 aliphatic rings. The van der Waals surface area contributed by atoms with Crippen LogP contribution in [0.25, 0.3) is 22.2 Å². The molecule has 0 aliphatic carbocycles. The van der Waals surface area contributed by atoms with Crippen LogP contribution in [0.15, 0.2) is 95.7 Å². The summed E-state index contributed by atoms with van der Waals surface area (Å²) in [5.74, 6) is 3.03. The predicted molar refractivity (Wildman–Crippen MR) is 149 cm³/mol. The lowest BCUT2D eigenvalue weighted by molar-refractivity contribution is 0.306. The molecule has 0 aliphatic heterocycles. The van der Waals surface area contributed by atoms with E-state index in [-0.39, 0.29) is 5.75 Å². The maximum absolute atomic E-state index is 11.3. The third kappa shape index (κ3) is 6.76. The van der Waals surface area contributed by atoms with Crippen molar-refractivity contribution < 1.29 is 17.6 Å². The fourth-order valence-corrected chi connectivity index (χ4v) is 4.43. The number of benzene rings is 3. The number of hydrogen-bond donors (Lipinski definition) is 2. The summed E-state index contributed by atoms with van der Waals surface area (Å²) in [6.07, 6.45) is 2.76. The second-order valence-corrected chi connectivity index (χ2v) is 11.2. The number of rotatable bonds is 11. The molecular weight excluding hydrogens is 500 g/mol. The molecule has 9 heteroatoms. The van der Waals surface area contributed by atoms with Crippen LogP contribution in [0.5, 0.6) is 5.75 Å². The first-order valence-electron chi connectivity index (χ1n) is 12.2. The van der Waals surface area contributed by atoms with E-state index in [1.165, 1.54) is 12.6 Å². The van der Waals surface area contributed by atoms with Crippen molar-refractivity contribution in [1.29, 1.82) is 0 Å². The van der Waals surface area contributed by atoms with Crippen molar-refractivity contribution in [3.63, 3.8) is 0 Å². The van der Waals surface area contributed by atoms with E-state index in [0.29, 0.717) is 31.3 Å². The van der Waals surface area contributed by atoms with Crippen molar-refractivity contribution in [3.8, 4) is 17.1 Å². The van der Waals surface area contributed by atoms with Crippen LogP contribution in [0.4, 0.5) is 11.5 Å². The van der Waals surface area contributed by atoms with Gasteiger partial charge in [0.2, 0.25) is 0 Å². The van der Waals surface area contributed by atoms with Gasteiger partial charge in [-0.25, -0.2) is 18.4 Å². The minimum atomic E-state index is -2.99. The lowest BCUT2D eigenvalue weighted by atomic mass is 10.1. The first-order valence-corrected chi connectivity index (χ1v) is 14.3. The van der Waals surface area contributed by atoms with Gasteiger partial charge in [0.05, 0.1) is 17.8 Å². The molecule has 0 spiro atoms. The summed E-state index contributed by atoms with van der Waals surface area (Å²) in [4.78, 5) is 8.88. The monoisotopic (exact) mass is 528 g/mol. The third-order valence-corrected chi connectivity index (χ3v) is 6.84.